The van der Waals surface area contributed by atoms with Gasteiger partial charge in [-0.2, -0.15) is 0 Å². The van der Waals surface area contributed by atoms with Crippen molar-refractivity contribution < 1.29 is 0 Å². The van der Waals surface area contributed by atoms with Crippen LogP contribution in [0.5, 0.6) is 0 Å². The van der Waals surface area contributed by atoms with E-state index in [1.54, 1.807) is 6.20 Å². The minimum atomic E-state index is 1.02. The normalized spacial score (nSPS) is 10.4. The van der Waals surface area contributed by atoms with Gasteiger partial charge in [-0.15, -0.1) is 0 Å². The van der Waals surface area contributed by atoms with Crippen LogP contribution in [0, 0.1) is 6.07 Å². The van der Waals surface area contributed by atoms with Crippen LogP contribution in [0.25, 0.3) is 10.9 Å². The van der Waals surface area contributed by atoms with Crippen molar-refractivity contribution in [2.24, 2.45) is 0 Å². The molecule has 0 amide bonds. The molecule has 0 saturated carbocycles. The summed E-state index contributed by atoms with van der Waals surface area (Å²) < 4.78 is 0. The van der Waals surface area contributed by atoms with Crippen molar-refractivity contribution >= 4 is 10.9 Å². The van der Waals surface area contributed by atoms with E-state index < -0.39 is 0 Å². The molecule has 1 heteroatoms. The van der Waals surface area contributed by atoms with Crippen LogP contribution in [-0.2, 0) is 6.42 Å². The molecule has 1 aromatic heterocycles. The zero-order valence-electron chi connectivity index (χ0n) is 7.04. The molecule has 0 saturated heterocycles. The minimum absolute atomic E-state index is 1.02. The molecule has 1 heterocycles. The summed E-state index contributed by atoms with van der Waals surface area (Å²) in [6, 6.07) is 11.3. The molecule has 0 fully saturated rings. The second kappa shape index (κ2) is 2.94. The Labute approximate surface area is 72.1 Å². The van der Waals surface area contributed by atoms with E-state index in [1.165, 1.54) is 5.56 Å². The Kier molecular flexibility index (Phi) is 1.78. The molecule has 12 heavy (non-hydrogen) atoms. The van der Waals surface area contributed by atoms with Crippen molar-refractivity contribution in [3.8, 4) is 0 Å². The summed E-state index contributed by atoms with van der Waals surface area (Å²) in [5, 5.41) is 1.11. The highest BCUT2D eigenvalue weighted by Gasteiger charge is 1.93. The van der Waals surface area contributed by atoms with E-state index in [1.807, 2.05) is 12.1 Å². The van der Waals surface area contributed by atoms with Gasteiger partial charge in [0.05, 0.1) is 5.52 Å². The van der Waals surface area contributed by atoms with Gasteiger partial charge in [-0.05, 0) is 36.2 Å². The Morgan fingerprint density at radius 3 is 3.17 bits per heavy atom. The van der Waals surface area contributed by atoms with Crippen LogP contribution in [-0.4, -0.2) is 4.98 Å². The summed E-state index contributed by atoms with van der Waals surface area (Å²) in [5.41, 5.74) is 2.36. The lowest BCUT2D eigenvalue weighted by atomic mass is 10.1. The van der Waals surface area contributed by atoms with Gasteiger partial charge in [0.15, 0.2) is 0 Å². The van der Waals surface area contributed by atoms with Crippen molar-refractivity contribution in [3.63, 3.8) is 0 Å². The van der Waals surface area contributed by atoms with Gasteiger partial charge in [0.1, 0.15) is 0 Å². The summed E-state index contributed by atoms with van der Waals surface area (Å²) in [4.78, 5) is 4.23. The Balaban J connectivity index is 2.67. The maximum Gasteiger partial charge on any atom is 0.0708 e. The van der Waals surface area contributed by atoms with E-state index >= 15 is 0 Å². The third kappa shape index (κ3) is 1.18. The van der Waals surface area contributed by atoms with Crippen LogP contribution in [0.2, 0.25) is 0 Å². The SMILES string of the molecule is CCc1ccc2ncc[c]c2c1. The van der Waals surface area contributed by atoms with E-state index in [2.05, 4.69) is 30.1 Å². The lowest BCUT2D eigenvalue weighted by molar-refractivity contribution is 1.14. The largest absolute Gasteiger partial charge is 0.256 e. The fourth-order valence-electron chi connectivity index (χ4n) is 1.28. The fourth-order valence-corrected chi connectivity index (χ4v) is 1.28. The molecule has 0 unspecified atom stereocenters. The van der Waals surface area contributed by atoms with Crippen LogP contribution in [0.4, 0.5) is 0 Å². The van der Waals surface area contributed by atoms with Crippen molar-refractivity contribution in [1.82, 2.24) is 4.98 Å². The number of benzene rings is 1. The summed E-state index contributed by atoms with van der Waals surface area (Å²) in [7, 11) is 0. The first kappa shape index (κ1) is 7.29. The highest BCUT2D eigenvalue weighted by atomic mass is 14.6. The number of hydrogen-bond donors (Lipinski definition) is 0. The quantitative estimate of drug-likeness (QED) is 0.618. The number of pyridine rings is 1. The standard InChI is InChI=1S/C11H10N/c1-2-9-5-6-11-10(8-9)4-3-7-12-11/h3,5-8H,2H2,1H3. The van der Waals surface area contributed by atoms with Gasteiger partial charge >= 0.3 is 0 Å². The maximum absolute atomic E-state index is 4.23. The molecule has 2 rings (SSSR count). The average molecular weight is 156 g/mol. The summed E-state index contributed by atoms with van der Waals surface area (Å²) in [6.45, 7) is 2.15. The number of fused-ring (bicyclic) bond motifs is 1. The minimum Gasteiger partial charge on any atom is -0.256 e. The van der Waals surface area contributed by atoms with E-state index in [-0.39, 0.29) is 0 Å². The number of rotatable bonds is 1. The first-order valence-corrected chi connectivity index (χ1v) is 4.15. The van der Waals surface area contributed by atoms with Gasteiger partial charge in [0.2, 0.25) is 0 Å². The predicted molar refractivity (Wildman–Crippen MR) is 50.0 cm³/mol. The highest BCUT2D eigenvalue weighted by Crippen LogP contribution is 2.12. The molecule has 1 aromatic carbocycles. The maximum atomic E-state index is 4.23. The number of nitrogens with zero attached hydrogens (tertiary/aromatic N) is 1. The highest BCUT2D eigenvalue weighted by molar-refractivity contribution is 5.78. The second-order valence-electron chi connectivity index (χ2n) is 2.79. The Morgan fingerprint density at radius 1 is 1.42 bits per heavy atom. The zero-order chi connectivity index (χ0) is 8.39. The van der Waals surface area contributed by atoms with Crippen molar-refractivity contribution in [1.29, 1.82) is 0 Å². The molecule has 0 aliphatic carbocycles. The van der Waals surface area contributed by atoms with Gasteiger partial charge in [-0.25, -0.2) is 0 Å². The molecule has 2 aromatic rings. The summed E-state index contributed by atoms with van der Waals surface area (Å²) in [5.74, 6) is 0. The molecule has 59 valence electrons. The van der Waals surface area contributed by atoms with Crippen LogP contribution in [0.1, 0.15) is 12.5 Å². The fraction of sp³-hybridized carbons (Fsp3) is 0.182. The molecule has 1 nitrogen and oxygen atoms in total. The first-order valence-electron chi connectivity index (χ1n) is 4.15. The van der Waals surface area contributed by atoms with Crippen molar-refractivity contribution in [2.45, 2.75) is 13.3 Å². The molecule has 0 bridgehead atoms. The zero-order valence-corrected chi connectivity index (χ0v) is 7.04. The number of hydrogen-bond acceptors (Lipinski definition) is 1. The van der Waals surface area contributed by atoms with E-state index in [0.717, 1.165) is 17.3 Å². The summed E-state index contributed by atoms with van der Waals surface area (Å²) in [6.07, 6.45) is 2.84. The van der Waals surface area contributed by atoms with Crippen LogP contribution in [0.15, 0.2) is 30.5 Å². The van der Waals surface area contributed by atoms with Crippen molar-refractivity contribution in [3.05, 3.63) is 42.1 Å². The third-order valence-corrected chi connectivity index (χ3v) is 2.00. The third-order valence-electron chi connectivity index (χ3n) is 2.00. The molecule has 0 atom stereocenters. The Hall–Kier alpha value is -1.37. The number of aromatic nitrogens is 1. The monoisotopic (exact) mass is 156 g/mol. The molecule has 0 aliphatic heterocycles. The van der Waals surface area contributed by atoms with E-state index in [0.29, 0.717) is 0 Å². The topological polar surface area (TPSA) is 12.9 Å². The Morgan fingerprint density at radius 2 is 2.33 bits per heavy atom. The predicted octanol–water partition coefficient (Wildman–Crippen LogP) is 2.60. The average Bonchev–Trinajstić information content (AvgIpc) is 2.17. The summed E-state index contributed by atoms with van der Waals surface area (Å²) >= 11 is 0. The second-order valence-corrected chi connectivity index (χ2v) is 2.79. The smallest absolute Gasteiger partial charge is 0.0708 e. The molecule has 0 N–H and O–H groups in total. The molecular formula is C11H10N. The molecular weight excluding hydrogens is 146 g/mol. The molecule has 1 radical (unpaired) electrons. The lowest BCUT2D eigenvalue weighted by Gasteiger charge is -1.98. The molecule has 0 spiro atoms. The van der Waals surface area contributed by atoms with E-state index in [4.69, 9.17) is 0 Å². The first-order chi connectivity index (χ1) is 5.90. The van der Waals surface area contributed by atoms with Crippen LogP contribution in [0.3, 0.4) is 0 Å². The van der Waals surface area contributed by atoms with Gasteiger partial charge in [0.25, 0.3) is 0 Å². The van der Waals surface area contributed by atoms with E-state index in [9.17, 15) is 0 Å². The van der Waals surface area contributed by atoms with Gasteiger partial charge in [-0.1, -0.05) is 13.0 Å². The lowest BCUT2D eigenvalue weighted by Crippen LogP contribution is -1.82. The van der Waals surface area contributed by atoms with Gasteiger partial charge in [0, 0.05) is 11.6 Å². The van der Waals surface area contributed by atoms with Crippen LogP contribution >= 0.6 is 0 Å². The van der Waals surface area contributed by atoms with Crippen molar-refractivity contribution in [2.75, 3.05) is 0 Å². The number of aryl methyl sites for hydroxylation is 1. The Bertz CT molecular complexity index is 393. The van der Waals surface area contributed by atoms with Crippen LogP contribution < -0.4 is 0 Å². The molecule has 0 aliphatic rings. The van der Waals surface area contributed by atoms with Gasteiger partial charge in [-0.3, -0.25) is 4.98 Å². The van der Waals surface area contributed by atoms with Gasteiger partial charge < -0.3 is 0 Å².